The van der Waals surface area contributed by atoms with Gasteiger partial charge >= 0.3 is 0 Å². The summed E-state index contributed by atoms with van der Waals surface area (Å²) in [5.74, 6) is 0.537. The maximum absolute atomic E-state index is 6.08. The number of rotatable bonds is 2. The molecule has 16 heavy (non-hydrogen) atoms. The zero-order valence-corrected chi connectivity index (χ0v) is 9.83. The molecular formula is C11H9Cl2N3. The van der Waals surface area contributed by atoms with Gasteiger partial charge in [-0.3, -0.25) is 0 Å². The minimum atomic E-state index is 0.369. The number of benzene rings is 1. The molecule has 1 aromatic heterocycles. The molecule has 2 aromatic rings. The van der Waals surface area contributed by atoms with Crippen LogP contribution < -0.4 is 5.73 Å². The highest BCUT2D eigenvalue weighted by Gasteiger charge is 2.09. The molecule has 0 saturated heterocycles. The van der Waals surface area contributed by atoms with Crippen LogP contribution >= 0.6 is 23.2 Å². The molecule has 0 saturated carbocycles. The van der Waals surface area contributed by atoms with E-state index >= 15 is 0 Å². The van der Waals surface area contributed by atoms with E-state index in [9.17, 15) is 0 Å². The second-order valence-corrected chi connectivity index (χ2v) is 3.96. The van der Waals surface area contributed by atoms with E-state index in [4.69, 9.17) is 28.9 Å². The van der Waals surface area contributed by atoms with Crippen molar-refractivity contribution in [3.63, 3.8) is 0 Å². The van der Waals surface area contributed by atoms with Crippen LogP contribution in [0.15, 0.2) is 30.5 Å². The number of hydrogen-bond donors (Lipinski definition) is 1. The Morgan fingerprint density at radius 1 is 1.19 bits per heavy atom. The first-order valence-electron chi connectivity index (χ1n) is 4.68. The molecule has 3 nitrogen and oxygen atoms in total. The molecule has 0 spiro atoms. The van der Waals surface area contributed by atoms with Crippen molar-refractivity contribution in [2.45, 2.75) is 6.54 Å². The van der Waals surface area contributed by atoms with Crippen molar-refractivity contribution < 1.29 is 0 Å². The number of aromatic nitrogens is 2. The first-order chi connectivity index (χ1) is 7.72. The molecule has 1 heterocycles. The molecule has 2 rings (SSSR count). The third-order valence-corrected chi connectivity index (χ3v) is 2.93. The molecule has 0 unspecified atom stereocenters. The second-order valence-electron chi connectivity index (χ2n) is 3.18. The highest BCUT2D eigenvalue weighted by Crippen LogP contribution is 2.31. The molecule has 5 heteroatoms. The Morgan fingerprint density at radius 2 is 2.00 bits per heavy atom. The van der Waals surface area contributed by atoms with E-state index in [-0.39, 0.29) is 0 Å². The number of nitrogens with zero attached hydrogens (tertiary/aromatic N) is 2. The molecule has 0 aliphatic heterocycles. The third-order valence-electron chi connectivity index (χ3n) is 2.11. The van der Waals surface area contributed by atoms with Gasteiger partial charge in [0.1, 0.15) is 0 Å². The summed E-state index contributed by atoms with van der Waals surface area (Å²) in [6.07, 6.45) is 1.65. The van der Waals surface area contributed by atoms with Crippen LogP contribution in [0.3, 0.4) is 0 Å². The standard InChI is InChI=1S/C11H9Cl2N3/c12-9-3-1-2-8(10(9)13)11-15-5-4-7(6-14)16-11/h1-5H,6,14H2. The maximum Gasteiger partial charge on any atom is 0.160 e. The van der Waals surface area contributed by atoms with Gasteiger partial charge in [0.2, 0.25) is 0 Å². The largest absolute Gasteiger partial charge is 0.325 e. The quantitative estimate of drug-likeness (QED) is 0.896. The maximum atomic E-state index is 6.08. The van der Waals surface area contributed by atoms with E-state index in [2.05, 4.69) is 9.97 Å². The normalized spacial score (nSPS) is 10.4. The van der Waals surface area contributed by atoms with Gasteiger partial charge < -0.3 is 5.73 Å². The summed E-state index contributed by atoms with van der Waals surface area (Å²) < 4.78 is 0. The lowest BCUT2D eigenvalue weighted by atomic mass is 10.2. The minimum absolute atomic E-state index is 0.369. The lowest BCUT2D eigenvalue weighted by molar-refractivity contribution is 0.969. The Morgan fingerprint density at radius 3 is 2.75 bits per heavy atom. The van der Waals surface area contributed by atoms with Crippen molar-refractivity contribution in [2.24, 2.45) is 5.73 Å². The van der Waals surface area contributed by atoms with Crippen LogP contribution in [0.2, 0.25) is 10.0 Å². The summed E-state index contributed by atoms with van der Waals surface area (Å²) in [6, 6.07) is 7.12. The Kier molecular flexibility index (Phi) is 3.39. The van der Waals surface area contributed by atoms with Gasteiger partial charge in [0.25, 0.3) is 0 Å². The molecular weight excluding hydrogens is 245 g/mol. The van der Waals surface area contributed by atoms with Gasteiger partial charge in [-0.05, 0) is 18.2 Å². The fourth-order valence-corrected chi connectivity index (χ4v) is 1.70. The summed E-state index contributed by atoms with van der Waals surface area (Å²) in [4.78, 5) is 8.43. The van der Waals surface area contributed by atoms with Crippen molar-refractivity contribution in [3.05, 3.63) is 46.2 Å². The van der Waals surface area contributed by atoms with Crippen molar-refractivity contribution >= 4 is 23.2 Å². The average Bonchev–Trinajstić information content (AvgIpc) is 2.33. The van der Waals surface area contributed by atoms with Gasteiger partial charge in [0, 0.05) is 18.3 Å². The van der Waals surface area contributed by atoms with Gasteiger partial charge in [-0.25, -0.2) is 9.97 Å². The summed E-state index contributed by atoms with van der Waals surface area (Å²) in [6.45, 7) is 0.369. The molecule has 0 amide bonds. The monoisotopic (exact) mass is 253 g/mol. The highest BCUT2D eigenvalue weighted by molar-refractivity contribution is 6.43. The van der Waals surface area contributed by atoms with Crippen LogP contribution in [0.25, 0.3) is 11.4 Å². The topological polar surface area (TPSA) is 51.8 Å². The Bertz CT molecular complexity index is 514. The molecule has 0 aliphatic carbocycles. The summed E-state index contributed by atoms with van der Waals surface area (Å²) in [7, 11) is 0. The molecule has 0 bridgehead atoms. The van der Waals surface area contributed by atoms with E-state index < -0.39 is 0 Å². The van der Waals surface area contributed by atoms with Crippen LogP contribution in [0.5, 0.6) is 0 Å². The van der Waals surface area contributed by atoms with Gasteiger partial charge in [0.05, 0.1) is 15.7 Å². The number of halogens is 2. The minimum Gasteiger partial charge on any atom is -0.325 e. The highest BCUT2D eigenvalue weighted by atomic mass is 35.5. The van der Waals surface area contributed by atoms with Crippen molar-refractivity contribution in [2.75, 3.05) is 0 Å². The smallest absolute Gasteiger partial charge is 0.160 e. The van der Waals surface area contributed by atoms with Crippen LogP contribution in [0.4, 0.5) is 0 Å². The van der Waals surface area contributed by atoms with Gasteiger partial charge in [-0.2, -0.15) is 0 Å². The zero-order valence-electron chi connectivity index (χ0n) is 8.32. The van der Waals surface area contributed by atoms with Crippen molar-refractivity contribution in [3.8, 4) is 11.4 Å². The number of nitrogens with two attached hydrogens (primary N) is 1. The molecule has 0 atom stereocenters. The lowest BCUT2D eigenvalue weighted by Gasteiger charge is -2.05. The van der Waals surface area contributed by atoms with E-state index in [1.54, 1.807) is 18.3 Å². The third kappa shape index (κ3) is 2.16. The van der Waals surface area contributed by atoms with Crippen LogP contribution in [-0.4, -0.2) is 9.97 Å². The van der Waals surface area contributed by atoms with Crippen molar-refractivity contribution in [1.29, 1.82) is 0 Å². The molecule has 0 aliphatic rings. The van der Waals surface area contributed by atoms with Crippen molar-refractivity contribution in [1.82, 2.24) is 9.97 Å². The zero-order chi connectivity index (χ0) is 11.5. The fraction of sp³-hybridized carbons (Fsp3) is 0.0909. The first kappa shape index (κ1) is 11.3. The molecule has 0 fully saturated rings. The van der Waals surface area contributed by atoms with E-state index in [1.807, 2.05) is 12.1 Å². The summed E-state index contributed by atoms with van der Waals surface area (Å²) in [5, 5.41) is 0.944. The second kappa shape index (κ2) is 4.78. The van der Waals surface area contributed by atoms with E-state index in [0.717, 1.165) is 5.69 Å². The van der Waals surface area contributed by atoms with Gasteiger partial charge in [0.15, 0.2) is 5.82 Å². The molecule has 1 aromatic carbocycles. The van der Waals surface area contributed by atoms with Crippen LogP contribution in [-0.2, 0) is 6.54 Å². The predicted octanol–water partition coefficient (Wildman–Crippen LogP) is 2.91. The van der Waals surface area contributed by atoms with E-state index in [0.29, 0.717) is 28.0 Å². The average molecular weight is 254 g/mol. The first-order valence-corrected chi connectivity index (χ1v) is 5.44. The molecule has 2 N–H and O–H groups in total. The number of hydrogen-bond acceptors (Lipinski definition) is 3. The van der Waals surface area contributed by atoms with Gasteiger partial charge in [-0.15, -0.1) is 0 Å². The Labute approximate surface area is 103 Å². The summed E-state index contributed by atoms with van der Waals surface area (Å²) >= 11 is 12.0. The predicted molar refractivity (Wildman–Crippen MR) is 65.4 cm³/mol. The summed E-state index contributed by atoms with van der Waals surface area (Å²) in [5.41, 5.74) is 6.99. The van der Waals surface area contributed by atoms with Crippen LogP contribution in [0.1, 0.15) is 5.69 Å². The fourth-order valence-electron chi connectivity index (χ4n) is 1.32. The Balaban J connectivity index is 2.54. The SMILES string of the molecule is NCc1ccnc(-c2cccc(Cl)c2Cl)n1. The molecule has 0 radical (unpaired) electrons. The van der Waals surface area contributed by atoms with E-state index in [1.165, 1.54) is 0 Å². The van der Waals surface area contributed by atoms with Gasteiger partial charge in [-0.1, -0.05) is 29.3 Å². The molecule has 82 valence electrons. The van der Waals surface area contributed by atoms with Crippen LogP contribution in [0, 0.1) is 0 Å². The lowest BCUT2D eigenvalue weighted by Crippen LogP contribution is -2.01. The Hall–Kier alpha value is -1.16.